The van der Waals surface area contributed by atoms with E-state index in [4.69, 9.17) is 29.3 Å². The quantitative estimate of drug-likeness (QED) is 0.264. The number of carbonyl (C=O) groups excluding carboxylic acids is 2. The number of likely N-dealkylation sites (N-methyl/N-ethyl adjacent to an activating group) is 1. The number of carboxylic acids is 1. The zero-order valence-corrected chi connectivity index (χ0v) is 28.0. The molecule has 11 nitrogen and oxygen atoms in total. The van der Waals surface area contributed by atoms with E-state index < -0.39 is 12.0 Å². The molecule has 3 atom stereocenters. The van der Waals surface area contributed by atoms with Crippen LogP contribution in [0.25, 0.3) is 11.0 Å². The van der Waals surface area contributed by atoms with E-state index in [-0.39, 0.29) is 24.8 Å². The number of benzene rings is 1. The fraction of sp³-hybridized carbons (Fsp3) is 0.656. The molecule has 2 amide bonds. The van der Waals surface area contributed by atoms with Crippen molar-refractivity contribution in [3.05, 3.63) is 35.2 Å². The maximum absolute atomic E-state index is 12.8. The van der Waals surface area contributed by atoms with Crippen LogP contribution in [0.1, 0.15) is 73.6 Å². The molecule has 1 saturated carbocycles. The van der Waals surface area contributed by atoms with Crippen molar-refractivity contribution in [2.45, 2.75) is 79.9 Å². The summed E-state index contributed by atoms with van der Waals surface area (Å²) in [5, 5.41) is 13.2. The van der Waals surface area contributed by atoms with E-state index in [9.17, 15) is 14.4 Å². The van der Waals surface area contributed by atoms with Gasteiger partial charge in [-0.2, -0.15) is 23.5 Å². The van der Waals surface area contributed by atoms with Gasteiger partial charge in [-0.25, -0.2) is 14.8 Å². The number of thioether (sulfide) groups is 2. The largest absolute Gasteiger partial charge is 0.480 e. The van der Waals surface area contributed by atoms with Crippen LogP contribution in [0.15, 0.2) is 18.2 Å². The lowest BCUT2D eigenvalue weighted by atomic mass is 10.00. The van der Waals surface area contributed by atoms with E-state index in [1.807, 2.05) is 35.7 Å². The van der Waals surface area contributed by atoms with Crippen molar-refractivity contribution in [3.8, 4) is 0 Å². The van der Waals surface area contributed by atoms with E-state index >= 15 is 0 Å². The molecule has 1 aliphatic heterocycles. The van der Waals surface area contributed by atoms with Crippen LogP contribution in [0.4, 0.5) is 0 Å². The molecule has 45 heavy (non-hydrogen) atoms. The maximum Gasteiger partial charge on any atom is 0.326 e. The van der Waals surface area contributed by atoms with Crippen LogP contribution in [0.2, 0.25) is 0 Å². The molecule has 4 rings (SSSR count). The summed E-state index contributed by atoms with van der Waals surface area (Å²) >= 11 is 4.08. The molecule has 1 fully saturated rings. The van der Waals surface area contributed by atoms with Crippen LogP contribution in [0.5, 0.6) is 0 Å². The number of ether oxygens (including phenoxy) is 3. The van der Waals surface area contributed by atoms with Crippen molar-refractivity contribution >= 4 is 52.3 Å². The number of nitrogens with zero attached hydrogens (tertiary/aromatic N) is 3. The standard InChI is InChI=1S/C32H46N4O7S2/c1-22(32(39)40)36(2)30(37)11-13-41-15-17-43-18-16-42-14-12-33-31(38)23-9-10-24-25(19-23)35-27-21-45-29-8-6-4-3-5-7-28(29)44-20-26(27)34-24/h9-10,19,22,28-29H,3-8,11-18,20-21H2,1-2H3,(H,33,38)(H,39,40)/t22-,28?,29?/m1/s1. The first kappa shape index (κ1) is 35.4. The predicted octanol–water partition coefficient (Wildman–Crippen LogP) is 4.30. The van der Waals surface area contributed by atoms with Gasteiger partial charge in [0.25, 0.3) is 5.91 Å². The number of carboxylic acid groups (broad SMARTS) is 1. The normalized spacial score (nSPS) is 19.2. The highest BCUT2D eigenvalue weighted by Gasteiger charge is 2.27. The van der Waals surface area contributed by atoms with Crippen LogP contribution in [-0.2, 0) is 35.3 Å². The Hall–Kier alpha value is -2.45. The minimum Gasteiger partial charge on any atom is -0.480 e. The molecule has 248 valence electrons. The molecular formula is C32H46N4O7S2. The lowest BCUT2D eigenvalue weighted by molar-refractivity contribution is -0.148. The molecule has 0 spiro atoms. The highest BCUT2D eigenvalue weighted by atomic mass is 32.2. The first-order valence-corrected chi connectivity index (χ1v) is 18.0. The summed E-state index contributed by atoms with van der Waals surface area (Å²) in [6.07, 6.45) is 8.06. The van der Waals surface area contributed by atoms with E-state index in [0.717, 1.165) is 33.9 Å². The molecule has 0 radical (unpaired) electrons. The van der Waals surface area contributed by atoms with Crippen molar-refractivity contribution < 1.29 is 33.7 Å². The number of aromatic nitrogens is 2. The fourth-order valence-corrected chi connectivity index (χ4v) is 8.31. The first-order chi connectivity index (χ1) is 21.8. The van der Waals surface area contributed by atoms with E-state index in [2.05, 4.69) is 5.32 Å². The maximum atomic E-state index is 12.8. The minimum atomic E-state index is -1.05. The molecule has 2 aliphatic rings. The van der Waals surface area contributed by atoms with Crippen molar-refractivity contribution in [1.82, 2.24) is 20.2 Å². The lowest BCUT2D eigenvalue weighted by Crippen LogP contribution is -2.40. The van der Waals surface area contributed by atoms with Crippen LogP contribution < -0.4 is 5.32 Å². The van der Waals surface area contributed by atoms with Crippen molar-refractivity contribution in [3.63, 3.8) is 0 Å². The number of carbonyl (C=O) groups is 3. The van der Waals surface area contributed by atoms with E-state index in [1.165, 1.54) is 57.4 Å². The molecule has 13 heteroatoms. The third kappa shape index (κ3) is 11.1. The van der Waals surface area contributed by atoms with Gasteiger partial charge in [-0.1, -0.05) is 25.7 Å². The molecule has 1 aliphatic carbocycles. The summed E-state index contributed by atoms with van der Waals surface area (Å²) < 4.78 is 16.4. The van der Waals surface area contributed by atoms with Gasteiger partial charge in [0.15, 0.2) is 0 Å². The Balaban J connectivity index is 1.10. The van der Waals surface area contributed by atoms with Gasteiger partial charge < -0.3 is 29.5 Å². The summed E-state index contributed by atoms with van der Waals surface area (Å²) in [7, 11) is 1.46. The lowest BCUT2D eigenvalue weighted by Gasteiger charge is -2.30. The number of nitrogens with one attached hydrogen (secondary N) is 1. The topological polar surface area (TPSA) is 140 Å². The Morgan fingerprint density at radius 1 is 0.889 bits per heavy atom. The van der Waals surface area contributed by atoms with Gasteiger partial charge in [0.1, 0.15) is 6.04 Å². The summed E-state index contributed by atoms with van der Waals surface area (Å²) in [4.78, 5) is 46.8. The Morgan fingerprint density at radius 3 is 2.09 bits per heavy atom. The summed E-state index contributed by atoms with van der Waals surface area (Å²) in [6, 6.07) is 4.64. The molecular weight excluding hydrogens is 617 g/mol. The van der Waals surface area contributed by atoms with Crippen LogP contribution in [-0.4, -0.2) is 108 Å². The van der Waals surface area contributed by atoms with Crippen LogP contribution in [0, 0.1) is 0 Å². The van der Waals surface area contributed by atoms with Gasteiger partial charge in [0.05, 0.1) is 68.5 Å². The second kappa shape index (κ2) is 18.6. The van der Waals surface area contributed by atoms with E-state index in [0.29, 0.717) is 55.6 Å². The minimum absolute atomic E-state index is 0.108. The number of fused-ring (bicyclic) bond motifs is 3. The average Bonchev–Trinajstić information content (AvgIpc) is 3.02. The van der Waals surface area contributed by atoms with Gasteiger partial charge in [-0.05, 0) is 38.0 Å². The monoisotopic (exact) mass is 662 g/mol. The smallest absolute Gasteiger partial charge is 0.326 e. The predicted molar refractivity (Wildman–Crippen MR) is 177 cm³/mol. The van der Waals surface area contributed by atoms with Gasteiger partial charge in [-0.15, -0.1) is 0 Å². The van der Waals surface area contributed by atoms with Gasteiger partial charge in [0.2, 0.25) is 5.91 Å². The molecule has 2 unspecified atom stereocenters. The number of hydrogen-bond acceptors (Lipinski definition) is 10. The second-order valence-corrected chi connectivity index (χ2v) is 13.8. The Bertz CT molecular complexity index is 1280. The summed E-state index contributed by atoms with van der Waals surface area (Å²) in [6.45, 7) is 3.80. The Labute approximate surface area is 273 Å². The highest BCUT2D eigenvalue weighted by molar-refractivity contribution is 8.03. The van der Waals surface area contributed by atoms with Gasteiger partial charge >= 0.3 is 5.97 Å². The number of aliphatic carboxylic acids is 1. The van der Waals surface area contributed by atoms with Gasteiger partial charge in [-0.3, -0.25) is 9.59 Å². The number of rotatable bonds is 15. The summed E-state index contributed by atoms with van der Waals surface area (Å²) in [5.74, 6) is 0.267. The van der Waals surface area contributed by atoms with E-state index in [1.54, 1.807) is 6.07 Å². The Kier molecular flexibility index (Phi) is 14.7. The molecule has 1 aromatic carbocycles. The van der Waals surface area contributed by atoms with Crippen molar-refractivity contribution in [2.24, 2.45) is 0 Å². The first-order valence-electron chi connectivity index (χ1n) is 15.9. The molecule has 2 aromatic rings. The van der Waals surface area contributed by atoms with Crippen LogP contribution >= 0.6 is 23.5 Å². The Morgan fingerprint density at radius 2 is 1.47 bits per heavy atom. The van der Waals surface area contributed by atoms with Crippen molar-refractivity contribution in [1.29, 1.82) is 0 Å². The second-order valence-electron chi connectivity index (χ2n) is 11.4. The molecule has 0 bridgehead atoms. The average molecular weight is 663 g/mol. The zero-order valence-electron chi connectivity index (χ0n) is 26.3. The fourth-order valence-electron chi connectivity index (χ4n) is 5.27. The SMILES string of the molecule is C[C@H](C(=O)O)N(C)C(=O)CCOCCOCCOCCNC(=O)c1ccc2nc3c(nc2c1)CSC1CCCCCCC1SC3. The van der Waals surface area contributed by atoms with Crippen molar-refractivity contribution in [2.75, 3.05) is 53.2 Å². The third-order valence-corrected chi connectivity index (χ3v) is 11.2. The highest BCUT2D eigenvalue weighted by Crippen LogP contribution is 2.39. The molecule has 0 saturated heterocycles. The zero-order chi connectivity index (χ0) is 32.0. The third-order valence-electron chi connectivity index (χ3n) is 8.16. The molecule has 1 aromatic heterocycles. The van der Waals surface area contributed by atoms with Gasteiger partial charge in [0, 0.05) is 41.2 Å². The number of hydrogen-bond donors (Lipinski definition) is 2. The number of amides is 2. The molecule has 2 N–H and O–H groups in total. The summed E-state index contributed by atoms with van der Waals surface area (Å²) in [5.41, 5.74) is 4.26. The molecule has 2 heterocycles. The van der Waals surface area contributed by atoms with Crippen LogP contribution in [0.3, 0.4) is 0 Å².